The molecule has 0 saturated heterocycles. The summed E-state index contributed by atoms with van der Waals surface area (Å²) < 4.78 is 95.4. The van der Waals surface area contributed by atoms with Crippen molar-refractivity contribution in [2.75, 3.05) is 5.32 Å². The molecule has 47 heavy (non-hydrogen) atoms. The van der Waals surface area contributed by atoms with Gasteiger partial charge in [0.2, 0.25) is 0 Å². The molecule has 1 fully saturated rings. The van der Waals surface area contributed by atoms with Gasteiger partial charge in [0.15, 0.2) is 5.82 Å². The van der Waals surface area contributed by atoms with Crippen molar-refractivity contribution in [1.29, 1.82) is 0 Å². The van der Waals surface area contributed by atoms with Gasteiger partial charge in [-0.25, -0.2) is 18.7 Å². The van der Waals surface area contributed by atoms with Crippen molar-refractivity contribution in [1.82, 2.24) is 35.1 Å². The van der Waals surface area contributed by atoms with Crippen LogP contribution in [0.4, 0.5) is 36.4 Å². The van der Waals surface area contributed by atoms with E-state index in [1.165, 1.54) is 18.3 Å². The van der Waals surface area contributed by atoms with Crippen LogP contribution in [0.1, 0.15) is 63.1 Å². The number of anilines is 1. The van der Waals surface area contributed by atoms with Gasteiger partial charge in [0.25, 0.3) is 11.8 Å². The molecule has 250 valence electrons. The fourth-order valence-electron chi connectivity index (χ4n) is 5.00. The van der Waals surface area contributed by atoms with Gasteiger partial charge in [0.05, 0.1) is 34.7 Å². The summed E-state index contributed by atoms with van der Waals surface area (Å²) in [7, 11) is 0. The van der Waals surface area contributed by atoms with Crippen molar-refractivity contribution >= 4 is 29.1 Å². The highest BCUT2D eigenvalue weighted by Crippen LogP contribution is 2.52. The molecule has 2 amide bonds. The Morgan fingerprint density at radius 3 is 2.34 bits per heavy atom. The summed E-state index contributed by atoms with van der Waals surface area (Å²) in [6, 6.07) is 7.39. The number of benzene rings is 1. The Kier molecular flexibility index (Phi) is 8.81. The van der Waals surface area contributed by atoms with Gasteiger partial charge in [-0.05, 0) is 74.9 Å². The molecule has 3 aromatic heterocycles. The van der Waals surface area contributed by atoms with E-state index < -0.39 is 42.1 Å². The zero-order valence-electron chi connectivity index (χ0n) is 24.8. The number of amides is 2. The first-order valence-electron chi connectivity index (χ1n) is 14.1. The molecule has 0 bridgehead atoms. The molecule has 1 unspecified atom stereocenters. The van der Waals surface area contributed by atoms with Gasteiger partial charge in [0.1, 0.15) is 11.4 Å². The molecule has 4 aromatic rings. The highest BCUT2D eigenvalue weighted by molar-refractivity contribution is 6.32. The average molecular weight is 687 g/mol. The topological polar surface area (TPSA) is 120 Å². The number of carbonyl (C=O) groups excluding carboxylic acids is 2. The van der Waals surface area contributed by atoms with Crippen molar-refractivity contribution in [2.24, 2.45) is 5.92 Å². The van der Waals surface area contributed by atoms with Crippen molar-refractivity contribution in [3.63, 3.8) is 0 Å². The molecule has 3 heterocycles. The van der Waals surface area contributed by atoms with Gasteiger partial charge in [-0.3, -0.25) is 9.59 Å². The Balaban J connectivity index is 1.50. The number of rotatable bonds is 9. The normalized spacial score (nSPS) is 14.6. The van der Waals surface area contributed by atoms with E-state index >= 15 is 0 Å². The highest BCUT2D eigenvalue weighted by Gasteiger charge is 2.75. The summed E-state index contributed by atoms with van der Waals surface area (Å²) in [6.07, 6.45) is -9.28. The number of halogens is 8. The quantitative estimate of drug-likeness (QED) is 0.201. The highest BCUT2D eigenvalue weighted by atomic mass is 35.5. The molecule has 1 aliphatic rings. The third-order valence-corrected chi connectivity index (χ3v) is 7.88. The molecule has 1 atom stereocenters. The maximum atomic E-state index is 14.5. The van der Waals surface area contributed by atoms with E-state index in [4.69, 9.17) is 11.6 Å². The van der Waals surface area contributed by atoms with E-state index in [2.05, 4.69) is 31.0 Å². The van der Waals surface area contributed by atoms with E-state index in [-0.39, 0.29) is 45.7 Å². The molecule has 5 rings (SSSR count). The summed E-state index contributed by atoms with van der Waals surface area (Å²) in [5, 5.41) is 16.0. The van der Waals surface area contributed by atoms with Crippen LogP contribution in [0.2, 0.25) is 5.02 Å². The molecule has 1 saturated carbocycles. The predicted octanol–water partition coefficient (Wildman–Crippen LogP) is 6.25. The summed E-state index contributed by atoms with van der Waals surface area (Å²) in [5.41, 5.74) is -6.43. The summed E-state index contributed by atoms with van der Waals surface area (Å²) >= 11 is 6.30. The van der Waals surface area contributed by atoms with Crippen molar-refractivity contribution in [3.05, 3.63) is 81.5 Å². The zero-order chi connectivity index (χ0) is 34.5. The van der Waals surface area contributed by atoms with Gasteiger partial charge in [-0.15, -0.1) is 5.10 Å². The second-order valence-corrected chi connectivity index (χ2v) is 11.7. The van der Waals surface area contributed by atoms with Crippen LogP contribution in [0.5, 0.6) is 0 Å². The number of nitrogens with one attached hydrogen (secondary N) is 2. The maximum absolute atomic E-state index is 14.5. The lowest BCUT2D eigenvalue weighted by molar-refractivity contribution is -0.350. The second kappa shape index (κ2) is 12.2. The molecule has 2 N–H and O–H groups in total. The predicted molar refractivity (Wildman–Crippen MR) is 154 cm³/mol. The van der Waals surface area contributed by atoms with Crippen LogP contribution >= 0.6 is 11.6 Å². The Hall–Kier alpha value is -4.54. The Morgan fingerprint density at radius 1 is 1.04 bits per heavy atom. The molecule has 0 spiro atoms. The number of carbonyl (C=O) groups is 2. The third-order valence-electron chi connectivity index (χ3n) is 7.58. The minimum Gasteiger partial charge on any atom is -0.349 e. The SMILES string of the molecule is Cc1cc(C)c(NC(=O)c2cc(Cn3cc(C(F)(C(F)(F)F)C(F)(F)F)nn3)nn2-c2ncccc2Cl)c(C(=O)NC(C)C2CC2)c1. The van der Waals surface area contributed by atoms with Crippen LogP contribution in [0.3, 0.4) is 0 Å². The Morgan fingerprint density at radius 2 is 1.72 bits per heavy atom. The number of pyridine rings is 1. The lowest BCUT2D eigenvalue weighted by Crippen LogP contribution is -2.50. The number of aromatic nitrogens is 6. The van der Waals surface area contributed by atoms with Crippen LogP contribution in [-0.4, -0.2) is 60.0 Å². The fraction of sp³-hybridized carbons (Fsp3) is 0.379. The molecular formula is C29H26ClF7N8O2. The first-order valence-corrected chi connectivity index (χ1v) is 14.4. The van der Waals surface area contributed by atoms with Crippen molar-refractivity contribution < 1.29 is 40.3 Å². The lowest BCUT2D eigenvalue weighted by atomic mass is 10.0. The van der Waals surface area contributed by atoms with Crippen LogP contribution in [0.15, 0.2) is 42.7 Å². The van der Waals surface area contributed by atoms with Crippen molar-refractivity contribution in [3.8, 4) is 5.82 Å². The molecule has 1 aromatic carbocycles. The first kappa shape index (κ1) is 33.8. The third kappa shape index (κ3) is 6.66. The Bertz CT molecular complexity index is 1820. The standard InChI is InChI=1S/C29H26ClF7N8O2/c1-14-9-15(2)23(19(10-14)25(46)39-16(3)17-6-7-17)40-26(47)21-11-18(42-45(21)24-20(30)5-4-8-38-24)12-44-13-22(41-43-44)27(31,28(32,33)34)29(35,36)37/h4-5,8-11,13,16-17H,6-7,12H2,1-3H3,(H,39,46)(H,40,47). The maximum Gasteiger partial charge on any atom is 0.437 e. The molecule has 18 heteroatoms. The first-order chi connectivity index (χ1) is 21.9. The monoisotopic (exact) mass is 686 g/mol. The lowest BCUT2D eigenvalue weighted by Gasteiger charge is -2.27. The molecule has 0 radical (unpaired) electrons. The second-order valence-electron chi connectivity index (χ2n) is 11.3. The average Bonchev–Trinajstić information content (AvgIpc) is 3.59. The summed E-state index contributed by atoms with van der Waals surface area (Å²) in [5.74, 6) is -0.892. The number of hydrogen-bond donors (Lipinski definition) is 2. The van der Waals surface area contributed by atoms with E-state index in [1.807, 2.05) is 6.92 Å². The van der Waals surface area contributed by atoms with Crippen molar-refractivity contribution in [2.45, 2.75) is 64.2 Å². The minimum atomic E-state index is -6.38. The molecule has 10 nitrogen and oxygen atoms in total. The van der Waals surface area contributed by atoms with E-state index in [1.54, 1.807) is 26.0 Å². The summed E-state index contributed by atoms with van der Waals surface area (Å²) in [6.45, 7) is 4.74. The largest absolute Gasteiger partial charge is 0.437 e. The Labute approximate surface area is 267 Å². The van der Waals surface area contributed by atoms with Crippen LogP contribution in [0.25, 0.3) is 5.82 Å². The smallest absolute Gasteiger partial charge is 0.349 e. The van der Waals surface area contributed by atoms with E-state index in [9.17, 15) is 40.3 Å². The van der Waals surface area contributed by atoms with Gasteiger partial charge in [-0.2, -0.15) is 31.4 Å². The summed E-state index contributed by atoms with van der Waals surface area (Å²) in [4.78, 5) is 31.2. The molecular weight excluding hydrogens is 661 g/mol. The molecule has 1 aliphatic carbocycles. The van der Waals surface area contributed by atoms with Crippen LogP contribution in [0, 0.1) is 19.8 Å². The van der Waals surface area contributed by atoms with Crippen LogP contribution < -0.4 is 10.6 Å². The number of hydrogen-bond acceptors (Lipinski definition) is 6. The number of nitrogens with zero attached hydrogens (tertiary/aromatic N) is 6. The number of aryl methyl sites for hydroxylation is 2. The van der Waals surface area contributed by atoms with E-state index in [0.29, 0.717) is 16.2 Å². The molecule has 0 aliphatic heterocycles. The van der Waals surface area contributed by atoms with Crippen LogP contribution in [-0.2, 0) is 12.2 Å². The van der Waals surface area contributed by atoms with E-state index in [0.717, 1.165) is 29.2 Å². The number of alkyl halides is 7. The minimum absolute atomic E-state index is 0.0393. The van der Waals surface area contributed by atoms with Gasteiger partial charge < -0.3 is 10.6 Å². The van der Waals surface area contributed by atoms with Gasteiger partial charge in [0, 0.05) is 12.2 Å². The zero-order valence-corrected chi connectivity index (χ0v) is 25.6. The van der Waals surface area contributed by atoms with Gasteiger partial charge >= 0.3 is 18.0 Å². The fourth-order valence-corrected chi connectivity index (χ4v) is 5.20. The van der Waals surface area contributed by atoms with Gasteiger partial charge in [-0.1, -0.05) is 22.9 Å².